The van der Waals surface area contributed by atoms with E-state index in [-0.39, 0.29) is 0 Å². The molecule has 1 heterocycles. The van der Waals surface area contributed by atoms with Crippen LogP contribution in [0.25, 0.3) is 0 Å². The van der Waals surface area contributed by atoms with Crippen LogP contribution in [0.3, 0.4) is 0 Å². The summed E-state index contributed by atoms with van der Waals surface area (Å²) in [5, 5.41) is 3.65. The lowest BCUT2D eigenvalue weighted by Gasteiger charge is -2.13. The van der Waals surface area contributed by atoms with Crippen molar-refractivity contribution in [2.24, 2.45) is 0 Å². The van der Waals surface area contributed by atoms with Gasteiger partial charge in [0.05, 0.1) is 12.7 Å². The molecule has 1 saturated carbocycles. The van der Waals surface area contributed by atoms with Crippen molar-refractivity contribution in [3.8, 4) is 5.75 Å². The Bertz CT molecular complexity index is 433. The summed E-state index contributed by atoms with van der Waals surface area (Å²) in [6.45, 7) is 1.90. The van der Waals surface area contributed by atoms with Crippen molar-refractivity contribution in [1.29, 1.82) is 0 Å². The van der Waals surface area contributed by atoms with Gasteiger partial charge in [-0.25, -0.2) is 0 Å². The van der Waals surface area contributed by atoms with Crippen molar-refractivity contribution in [2.45, 2.75) is 44.2 Å². The molecule has 3 heteroatoms. The van der Waals surface area contributed by atoms with E-state index in [4.69, 9.17) is 9.47 Å². The van der Waals surface area contributed by atoms with Gasteiger partial charge in [0.1, 0.15) is 5.75 Å². The summed E-state index contributed by atoms with van der Waals surface area (Å²) in [5.74, 6) is 1.08. The zero-order valence-electron chi connectivity index (χ0n) is 11.7. The number of ether oxygens (including phenoxy) is 2. The van der Waals surface area contributed by atoms with E-state index >= 15 is 0 Å². The Morgan fingerprint density at radius 3 is 3.16 bits per heavy atom. The first-order valence-corrected chi connectivity index (χ1v) is 7.36. The molecule has 1 fully saturated rings. The second-order valence-electron chi connectivity index (χ2n) is 5.61. The second-order valence-corrected chi connectivity index (χ2v) is 5.61. The van der Waals surface area contributed by atoms with Crippen LogP contribution in [-0.2, 0) is 17.6 Å². The zero-order chi connectivity index (χ0) is 13.1. The van der Waals surface area contributed by atoms with E-state index in [9.17, 15) is 0 Å². The molecule has 2 aliphatic rings. The summed E-state index contributed by atoms with van der Waals surface area (Å²) in [7, 11) is 1.82. The zero-order valence-corrected chi connectivity index (χ0v) is 11.7. The predicted molar refractivity (Wildman–Crippen MR) is 75.8 cm³/mol. The standard InChI is InChI=1S/C16H23NO2/c1-18-15-4-3-14(11-15)17-8-6-12-2-5-16-13(10-12)7-9-19-16/h2,5,10,14-15,17H,3-4,6-9,11H2,1H3. The SMILES string of the molecule is COC1CCC(NCCc2ccc3c(c2)CCO3)C1. The van der Waals surface area contributed by atoms with Crippen molar-refractivity contribution in [1.82, 2.24) is 5.32 Å². The van der Waals surface area contributed by atoms with Gasteiger partial charge in [0.15, 0.2) is 0 Å². The number of hydrogen-bond acceptors (Lipinski definition) is 3. The molecule has 3 nitrogen and oxygen atoms in total. The van der Waals surface area contributed by atoms with Crippen molar-refractivity contribution in [2.75, 3.05) is 20.3 Å². The molecular weight excluding hydrogens is 238 g/mol. The third-order valence-electron chi connectivity index (χ3n) is 4.32. The van der Waals surface area contributed by atoms with E-state index in [1.54, 1.807) is 0 Å². The Hall–Kier alpha value is -1.06. The molecule has 1 aliphatic carbocycles. The topological polar surface area (TPSA) is 30.5 Å². The summed E-state index contributed by atoms with van der Waals surface area (Å²) >= 11 is 0. The number of hydrogen-bond donors (Lipinski definition) is 1. The van der Waals surface area contributed by atoms with Gasteiger partial charge in [0, 0.05) is 19.6 Å². The smallest absolute Gasteiger partial charge is 0.122 e. The minimum absolute atomic E-state index is 0.467. The lowest BCUT2D eigenvalue weighted by atomic mass is 10.1. The molecule has 0 aromatic heterocycles. The minimum Gasteiger partial charge on any atom is -0.493 e. The molecule has 19 heavy (non-hydrogen) atoms. The van der Waals surface area contributed by atoms with Crippen LogP contribution >= 0.6 is 0 Å². The highest BCUT2D eigenvalue weighted by molar-refractivity contribution is 5.39. The van der Waals surface area contributed by atoms with Crippen LogP contribution in [0.15, 0.2) is 18.2 Å². The van der Waals surface area contributed by atoms with Crippen LogP contribution in [0.1, 0.15) is 30.4 Å². The van der Waals surface area contributed by atoms with Gasteiger partial charge >= 0.3 is 0 Å². The fourth-order valence-corrected chi connectivity index (χ4v) is 3.16. The molecule has 1 aromatic rings. The molecule has 0 spiro atoms. The Kier molecular flexibility index (Phi) is 4.04. The van der Waals surface area contributed by atoms with Gasteiger partial charge in [-0.1, -0.05) is 12.1 Å². The quantitative estimate of drug-likeness (QED) is 0.882. The van der Waals surface area contributed by atoms with Gasteiger partial charge in [0.2, 0.25) is 0 Å². The van der Waals surface area contributed by atoms with Gasteiger partial charge in [0.25, 0.3) is 0 Å². The molecule has 0 amide bonds. The van der Waals surface area contributed by atoms with Crippen LogP contribution < -0.4 is 10.1 Å². The molecule has 0 bridgehead atoms. The van der Waals surface area contributed by atoms with Crippen LogP contribution in [0, 0.1) is 0 Å². The predicted octanol–water partition coefficient (Wildman–Crippen LogP) is 2.32. The maximum absolute atomic E-state index is 5.53. The molecule has 1 aliphatic heterocycles. The molecule has 2 atom stereocenters. The fraction of sp³-hybridized carbons (Fsp3) is 0.625. The van der Waals surface area contributed by atoms with Crippen molar-refractivity contribution >= 4 is 0 Å². The van der Waals surface area contributed by atoms with Crippen LogP contribution in [0.4, 0.5) is 0 Å². The van der Waals surface area contributed by atoms with E-state index in [2.05, 4.69) is 23.5 Å². The van der Waals surface area contributed by atoms with Gasteiger partial charge in [-0.15, -0.1) is 0 Å². The molecule has 0 saturated heterocycles. The maximum atomic E-state index is 5.53. The summed E-state index contributed by atoms with van der Waals surface area (Å²) in [5.41, 5.74) is 2.79. The molecule has 1 N–H and O–H groups in total. The highest BCUT2D eigenvalue weighted by atomic mass is 16.5. The first kappa shape index (κ1) is 12.9. The molecule has 0 radical (unpaired) electrons. The third kappa shape index (κ3) is 3.10. The molecule has 1 aromatic carbocycles. The number of benzene rings is 1. The Labute approximate surface area is 115 Å². The summed E-state index contributed by atoms with van der Waals surface area (Å²) < 4.78 is 10.9. The van der Waals surface area contributed by atoms with E-state index in [1.165, 1.54) is 24.0 Å². The van der Waals surface area contributed by atoms with Crippen LogP contribution in [-0.4, -0.2) is 32.4 Å². The lowest BCUT2D eigenvalue weighted by molar-refractivity contribution is 0.107. The normalized spacial score (nSPS) is 25.3. The Morgan fingerprint density at radius 2 is 2.32 bits per heavy atom. The fourth-order valence-electron chi connectivity index (χ4n) is 3.16. The molecular formula is C16H23NO2. The van der Waals surface area contributed by atoms with Gasteiger partial charge in [-0.2, -0.15) is 0 Å². The third-order valence-corrected chi connectivity index (χ3v) is 4.32. The highest BCUT2D eigenvalue weighted by Crippen LogP contribution is 2.26. The van der Waals surface area contributed by atoms with Gasteiger partial charge in [-0.3, -0.25) is 0 Å². The minimum atomic E-state index is 0.467. The van der Waals surface area contributed by atoms with E-state index < -0.39 is 0 Å². The number of fused-ring (bicyclic) bond motifs is 1. The summed E-state index contributed by atoms with van der Waals surface area (Å²) in [4.78, 5) is 0. The van der Waals surface area contributed by atoms with Crippen molar-refractivity contribution < 1.29 is 9.47 Å². The summed E-state index contributed by atoms with van der Waals surface area (Å²) in [6, 6.07) is 7.26. The first-order valence-electron chi connectivity index (χ1n) is 7.36. The molecule has 104 valence electrons. The highest BCUT2D eigenvalue weighted by Gasteiger charge is 2.23. The van der Waals surface area contributed by atoms with Gasteiger partial charge < -0.3 is 14.8 Å². The Balaban J connectivity index is 1.45. The van der Waals surface area contributed by atoms with Gasteiger partial charge in [-0.05, 0) is 49.4 Å². The second kappa shape index (κ2) is 5.93. The average Bonchev–Trinajstić information content (AvgIpc) is 3.06. The van der Waals surface area contributed by atoms with Crippen LogP contribution in [0.5, 0.6) is 5.75 Å². The Morgan fingerprint density at radius 1 is 1.37 bits per heavy atom. The van der Waals surface area contributed by atoms with Crippen molar-refractivity contribution in [3.63, 3.8) is 0 Å². The maximum Gasteiger partial charge on any atom is 0.122 e. The number of rotatable bonds is 5. The average molecular weight is 261 g/mol. The van der Waals surface area contributed by atoms with E-state index in [0.29, 0.717) is 12.1 Å². The monoisotopic (exact) mass is 261 g/mol. The lowest BCUT2D eigenvalue weighted by Crippen LogP contribution is -2.29. The molecule has 2 unspecified atom stereocenters. The van der Waals surface area contributed by atoms with Crippen molar-refractivity contribution in [3.05, 3.63) is 29.3 Å². The van der Waals surface area contributed by atoms with Crippen LogP contribution in [0.2, 0.25) is 0 Å². The van der Waals surface area contributed by atoms with E-state index in [0.717, 1.165) is 38.2 Å². The first-order chi connectivity index (χ1) is 9.35. The molecule has 3 rings (SSSR count). The summed E-state index contributed by atoms with van der Waals surface area (Å²) in [6.07, 6.45) is 6.24. The largest absolute Gasteiger partial charge is 0.493 e. The number of methoxy groups -OCH3 is 1. The number of nitrogens with one attached hydrogen (secondary N) is 1. The van der Waals surface area contributed by atoms with E-state index in [1.807, 2.05) is 7.11 Å².